The molecular formula is C27H26N6O2S2. The molecule has 10 heteroatoms. The summed E-state index contributed by atoms with van der Waals surface area (Å²) in [5.41, 5.74) is 2.72. The van der Waals surface area contributed by atoms with Crippen molar-refractivity contribution in [3.05, 3.63) is 99.3 Å². The molecule has 0 atom stereocenters. The van der Waals surface area contributed by atoms with E-state index in [-0.39, 0.29) is 11.5 Å². The average Bonchev–Trinajstić information content (AvgIpc) is 3.51. The van der Waals surface area contributed by atoms with E-state index in [4.69, 9.17) is 17.2 Å². The number of thioether (sulfide) groups is 1. The zero-order valence-corrected chi connectivity index (χ0v) is 22.0. The minimum atomic E-state index is -0.236. The first-order valence-corrected chi connectivity index (χ1v) is 13.2. The maximum Gasteiger partial charge on any atom is 0.267 e. The molecule has 1 aliphatic heterocycles. The van der Waals surface area contributed by atoms with Crippen LogP contribution in [-0.4, -0.2) is 47.2 Å². The molecule has 5 rings (SSSR count). The van der Waals surface area contributed by atoms with Gasteiger partial charge in [-0.2, -0.15) is 0 Å². The van der Waals surface area contributed by atoms with E-state index in [2.05, 4.69) is 10.3 Å². The third kappa shape index (κ3) is 5.65. The average molecular weight is 531 g/mol. The Labute approximate surface area is 224 Å². The van der Waals surface area contributed by atoms with E-state index < -0.39 is 0 Å². The first kappa shape index (κ1) is 24.9. The zero-order chi connectivity index (χ0) is 25.8. The number of nitrogens with one attached hydrogen (secondary N) is 1. The molecule has 37 heavy (non-hydrogen) atoms. The van der Waals surface area contributed by atoms with E-state index >= 15 is 0 Å². The van der Waals surface area contributed by atoms with Gasteiger partial charge in [0.2, 0.25) is 0 Å². The number of rotatable bonds is 9. The molecule has 3 aromatic heterocycles. The Balaban J connectivity index is 1.41. The lowest BCUT2D eigenvalue weighted by Crippen LogP contribution is -2.30. The molecule has 0 radical (unpaired) electrons. The number of imidazole rings is 1. The summed E-state index contributed by atoms with van der Waals surface area (Å²) < 4.78 is 4.01. The molecule has 1 amide bonds. The van der Waals surface area contributed by atoms with Crippen molar-refractivity contribution in [1.29, 1.82) is 0 Å². The fourth-order valence-corrected chi connectivity index (χ4v) is 5.41. The molecule has 0 saturated carbocycles. The molecule has 188 valence electrons. The van der Waals surface area contributed by atoms with Gasteiger partial charge in [0.1, 0.15) is 15.8 Å². The van der Waals surface area contributed by atoms with Crippen molar-refractivity contribution in [3.8, 4) is 0 Å². The number of hydrogen-bond acceptors (Lipinski definition) is 7. The minimum Gasteiger partial charge on any atom is -0.369 e. The smallest absolute Gasteiger partial charge is 0.267 e. The van der Waals surface area contributed by atoms with Gasteiger partial charge in [0, 0.05) is 38.2 Å². The lowest BCUT2D eigenvalue weighted by molar-refractivity contribution is -0.122. The van der Waals surface area contributed by atoms with Crippen LogP contribution in [0.25, 0.3) is 11.7 Å². The van der Waals surface area contributed by atoms with Crippen LogP contribution in [0.3, 0.4) is 0 Å². The summed E-state index contributed by atoms with van der Waals surface area (Å²) in [6, 6.07) is 13.7. The van der Waals surface area contributed by atoms with Crippen LogP contribution in [0.15, 0.2) is 77.1 Å². The van der Waals surface area contributed by atoms with Gasteiger partial charge >= 0.3 is 0 Å². The van der Waals surface area contributed by atoms with Crippen LogP contribution in [-0.2, 0) is 17.8 Å². The van der Waals surface area contributed by atoms with Gasteiger partial charge in [-0.3, -0.25) is 18.9 Å². The van der Waals surface area contributed by atoms with Gasteiger partial charge in [-0.25, -0.2) is 9.97 Å². The van der Waals surface area contributed by atoms with Crippen molar-refractivity contribution in [2.45, 2.75) is 26.3 Å². The maximum atomic E-state index is 13.5. The van der Waals surface area contributed by atoms with E-state index in [1.54, 1.807) is 29.7 Å². The highest BCUT2D eigenvalue weighted by atomic mass is 32.2. The number of carbonyl (C=O) groups excluding carboxylic acids is 1. The third-order valence-electron chi connectivity index (χ3n) is 6.07. The van der Waals surface area contributed by atoms with Crippen molar-refractivity contribution in [3.63, 3.8) is 0 Å². The van der Waals surface area contributed by atoms with Gasteiger partial charge in [0.15, 0.2) is 0 Å². The summed E-state index contributed by atoms with van der Waals surface area (Å²) in [6.07, 6.45) is 10.3. The second-order valence-electron chi connectivity index (χ2n) is 8.76. The first-order valence-electron chi connectivity index (χ1n) is 12.0. The van der Waals surface area contributed by atoms with Crippen LogP contribution >= 0.6 is 24.0 Å². The maximum absolute atomic E-state index is 13.5. The van der Waals surface area contributed by atoms with Gasteiger partial charge in [0.05, 0.1) is 16.8 Å². The Morgan fingerprint density at radius 1 is 1.11 bits per heavy atom. The summed E-state index contributed by atoms with van der Waals surface area (Å²) in [7, 11) is 0. The normalized spacial score (nSPS) is 14.7. The molecule has 1 saturated heterocycles. The van der Waals surface area contributed by atoms with Crippen LogP contribution < -0.4 is 10.9 Å². The fourth-order valence-electron chi connectivity index (χ4n) is 4.12. The number of benzene rings is 1. The van der Waals surface area contributed by atoms with E-state index in [1.807, 2.05) is 60.2 Å². The van der Waals surface area contributed by atoms with Crippen LogP contribution in [0.5, 0.6) is 0 Å². The number of carbonyl (C=O) groups is 1. The third-order valence-corrected chi connectivity index (χ3v) is 7.44. The lowest BCUT2D eigenvalue weighted by Gasteiger charge is -2.14. The van der Waals surface area contributed by atoms with Crippen molar-refractivity contribution < 1.29 is 4.79 Å². The monoisotopic (exact) mass is 530 g/mol. The first-order chi connectivity index (χ1) is 18.0. The lowest BCUT2D eigenvalue weighted by atomic mass is 10.1. The predicted octanol–water partition coefficient (Wildman–Crippen LogP) is 4.15. The number of fused-ring (bicyclic) bond motifs is 1. The number of aromatic nitrogens is 4. The van der Waals surface area contributed by atoms with Gasteiger partial charge < -0.3 is 9.88 Å². The highest BCUT2D eigenvalue weighted by molar-refractivity contribution is 8.26. The highest BCUT2D eigenvalue weighted by Crippen LogP contribution is 2.33. The largest absolute Gasteiger partial charge is 0.369 e. The van der Waals surface area contributed by atoms with E-state index in [0.29, 0.717) is 45.8 Å². The molecule has 1 N–H and O–H groups in total. The number of anilines is 1. The van der Waals surface area contributed by atoms with Gasteiger partial charge in [-0.15, -0.1) is 0 Å². The minimum absolute atomic E-state index is 0.189. The number of amides is 1. The molecule has 8 nitrogen and oxygen atoms in total. The number of aryl methyl sites for hydroxylation is 2. The molecule has 0 unspecified atom stereocenters. The van der Waals surface area contributed by atoms with Gasteiger partial charge in [-0.1, -0.05) is 60.4 Å². The van der Waals surface area contributed by atoms with Crippen molar-refractivity contribution in [2.75, 3.05) is 18.4 Å². The SMILES string of the molecule is Cc1ccc2nc(NCCCn3ccnc3)c(C=C3SC(=S)N(CCc4ccccc4)C3=O)c(=O)n2c1. The molecule has 1 fully saturated rings. The van der Waals surface area contributed by atoms with Crippen molar-refractivity contribution in [2.24, 2.45) is 0 Å². The van der Waals surface area contributed by atoms with Gasteiger partial charge in [-0.05, 0) is 43.0 Å². The summed E-state index contributed by atoms with van der Waals surface area (Å²) in [6.45, 7) is 3.80. The summed E-state index contributed by atoms with van der Waals surface area (Å²) in [5.74, 6) is 0.264. The van der Waals surface area contributed by atoms with E-state index in [0.717, 1.165) is 24.1 Å². The Morgan fingerprint density at radius 2 is 1.95 bits per heavy atom. The fraction of sp³-hybridized carbons (Fsp3) is 0.222. The van der Waals surface area contributed by atoms with E-state index in [9.17, 15) is 9.59 Å². The number of hydrogen-bond donors (Lipinski definition) is 1. The Bertz CT molecular complexity index is 1530. The summed E-state index contributed by atoms with van der Waals surface area (Å²) in [5, 5.41) is 3.31. The predicted molar refractivity (Wildman–Crippen MR) is 152 cm³/mol. The Morgan fingerprint density at radius 3 is 2.73 bits per heavy atom. The molecule has 0 bridgehead atoms. The van der Waals surface area contributed by atoms with Crippen LogP contribution in [0.1, 0.15) is 23.1 Å². The second kappa shape index (κ2) is 11.1. The molecule has 0 aliphatic carbocycles. The molecule has 4 aromatic rings. The molecule has 4 heterocycles. The van der Waals surface area contributed by atoms with E-state index in [1.165, 1.54) is 16.2 Å². The summed E-state index contributed by atoms with van der Waals surface area (Å²) >= 11 is 6.74. The van der Waals surface area contributed by atoms with Crippen molar-refractivity contribution in [1.82, 2.24) is 23.8 Å². The number of pyridine rings is 1. The standard InChI is InChI=1S/C27H26N6O2S2/c1-19-8-9-23-30-24(29-11-5-13-31-15-12-28-18-31)21(25(34)33(23)17-19)16-22-26(35)32(27(36)37-22)14-10-20-6-3-2-4-7-20/h2-4,6-9,12,15-18,29H,5,10-11,13-14H2,1H3. The van der Waals surface area contributed by atoms with Crippen LogP contribution in [0, 0.1) is 6.92 Å². The zero-order valence-electron chi connectivity index (χ0n) is 20.3. The topological polar surface area (TPSA) is 84.5 Å². The molecule has 1 aliphatic rings. The van der Waals surface area contributed by atoms with Crippen LogP contribution in [0.2, 0.25) is 0 Å². The second-order valence-corrected chi connectivity index (χ2v) is 10.4. The Hall–Kier alpha value is -3.76. The Kier molecular flexibility index (Phi) is 7.47. The molecule has 1 aromatic carbocycles. The number of thiocarbonyl (C=S) groups is 1. The highest BCUT2D eigenvalue weighted by Gasteiger charge is 2.32. The number of nitrogens with zero attached hydrogens (tertiary/aromatic N) is 5. The van der Waals surface area contributed by atoms with Gasteiger partial charge in [0.25, 0.3) is 11.5 Å². The molecular weight excluding hydrogens is 504 g/mol. The van der Waals surface area contributed by atoms with Crippen molar-refractivity contribution >= 4 is 51.7 Å². The van der Waals surface area contributed by atoms with Crippen LogP contribution in [0.4, 0.5) is 5.82 Å². The summed E-state index contributed by atoms with van der Waals surface area (Å²) in [4.78, 5) is 37.6. The quantitative estimate of drug-likeness (QED) is 0.198. The molecule has 0 spiro atoms.